The molecule has 1 aromatic rings. The van der Waals surface area contributed by atoms with Crippen LogP contribution in [0.15, 0.2) is 24.3 Å². The van der Waals surface area contributed by atoms with Crippen molar-refractivity contribution in [1.82, 2.24) is 0 Å². The third-order valence-electron chi connectivity index (χ3n) is 3.81. The van der Waals surface area contributed by atoms with E-state index in [4.69, 9.17) is 14.2 Å². The molecule has 0 aromatic heterocycles. The minimum Gasteiger partial charge on any atom is -0.492 e. The summed E-state index contributed by atoms with van der Waals surface area (Å²) in [5.74, 6) is 0.974. The van der Waals surface area contributed by atoms with E-state index in [1.54, 1.807) is 19.1 Å². The first-order chi connectivity index (χ1) is 10.2. The van der Waals surface area contributed by atoms with E-state index in [0.29, 0.717) is 24.5 Å². The number of carbonyl (C=O) groups excluding carboxylic acids is 1. The molecule has 0 unspecified atom stereocenters. The molecule has 0 radical (unpaired) electrons. The quantitative estimate of drug-likeness (QED) is 0.648. The molecule has 0 bridgehead atoms. The third kappa shape index (κ3) is 4.14. The molecule has 0 atom stereocenters. The lowest BCUT2D eigenvalue weighted by Crippen LogP contribution is -2.37. The summed E-state index contributed by atoms with van der Waals surface area (Å²) < 4.78 is 16.4. The third-order valence-corrected chi connectivity index (χ3v) is 4.48. The van der Waals surface area contributed by atoms with Gasteiger partial charge in [0.25, 0.3) is 0 Å². The lowest BCUT2D eigenvalue weighted by Gasteiger charge is -2.35. The first-order valence-corrected chi connectivity index (χ1v) is 7.91. The van der Waals surface area contributed by atoms with Gasteiger partial charge in [0.2, 0.25) is 0 Å². The second-order valence-corrected chi connectivity index (χ2v) is 5.59. The molecular weight excluding hydrogens is 288 g/mol. The van der Waals surface area contributed by atoms with E-state index in [9.17, 15) is 4.79 Å². The average Bonchev–Trinajstić information content (AvgIpc) is 2.54. The average molecular weight is 310 g/mol. The Kier molecular flexibility index (Phi) is 5.94. The van der Waals surface area contributed by atoms with Crippen LogP contribution in [0.1, 0.15) is 30.1 Å². The van der Waals surface area contributed by atoms with E-state index < -0.39 is 0 Å². The van der Waals surface area contributed by atoms with Crippen molar-refractivity contribution in [3.63, 3.8) is 0 Å². The van der Waals surface area contributed by atoms with E-state index >= 15 is 0 Å². The number of ether oxygens (including phenoxy) is 3. The largest absolute Gasteiger partial charge is 0.492 e. The van der Waals surface area contributed by atoms with E-state index in [2.05, 4.69) is 12.6 Å². The monoisotopic (exact) mass is 310 g/mol. The van der Waals surface area contributed by atoms with Crippen LogP contribution in [0.5, 0.6) is 5.75 Å². The molecule has 116 valence electrons. The number of para-hydroxylation sites is 1. The summed E-state index contributed by atoms with van der Waals surface area (Å²) in [4.78, 5) is 11.9. The van der Waals surface area contributed by atoms with Gasteiger partial charge in [-0.05, 0) is 37.7 Å². The molecule has 0 N–H and O–H groups in total. The minimum atomic E-state index is -0.347. The van der Waals surface area contributed by atoms with E-state index in [1.165, 1.54) is 0 Å². The standard InChI is InChI=1S/C16H22O4S/c1-2-19-15(17)13-5-3-4-6-14(13)20-11-16(12-21)7-9-18-10-8-16/h3-6,21H,2,7-12H2,1H3. The van der Waals surface area contributed by atoms with Crippen molar-refractivity contribution in [2.45, 2.75) is 19.8 Å². The van der Waals surface area contributed by atoms with Gasteiger partial charge in [0.1, 0.15) is 11.3 Å². The molecule has 0 amide bonds. The van der Waals surface area contributed by atoms with Crippen LogP contribution in [0.4, 0.5) is 0 Å². The van der Waals surface area contributed by atoms with Crippen LogP contribution in [-0.2, 0) is 9.47 Å². The number of carbonyl (C=O) groups is 1. The van der Waals surface area contributed by atoms with E-state index in [-0.39, 0.29) is 11.4 Å². The highest BCUT2D eigenvalue weighted by Gasteiger charge is 2.32. The second kappa shape index (κ2) is 7.71. The Morgan fingerprint density at radius 2 is 2.05 bits per heavy atom. The highest BCUT2D eigenvalue weighted by molar-refractivity contribution is 7.80. The fraction of sp³-hybridized carbons (Fsp3) is 0.562. The Hall–Kier alpha value is -1.20. The number of hydrogen-bond donors (Lipinski definition) is 1. The summed E-state index contributed by atoms with van der Waals surface area (Å²) >= 11 is 4.47. The van der Waals surface area contributed by atoms with Crippen LogP contribution >= 0.6 is 12.6 Å². The van der Waals surface area contributed by atoms with Gasteiger partial charge >= 0.3 is 5.97 Å². The van der Waals surface area contributed by atoms with Crippen molar-refractivity contribution in [3.8, 4) is 5.75 Å². The number of hydrogen-bond acceptors (Lipinski definition) is 5. The van der Waals surface area contributed by atoms with Gasteiger partial charge in [0.15, 0.2) is 0 Å². The van der Waals surface area contributed by atoms with Crippen molar-refractivity contribution in [2.75, 3.05) is 32.2 Å². The first-order valence-electron chi connectivity index (χ1n) is 7.28. The summed E-state index contributed by atoms with van der Waals surface area (Å²) in [5, 5.41) is 0. The molecule has 1 fully saturated rings. The molecule has 1 saturated heterocycles. The zero-order valence-corrected chi connectivity index (χ0v) is 13.2. The number of thiol groups is 1. The topological polar surface area (TPSA) is 44.8 Å². The van der Waals surface area contributed by atoms with Gasteiger partial charge in [-0.15, -0.1) is 0 Å². The van der Waals surface area contributed by atoms with Crippen molar-refractivity contribution >= 4 is 18.6 Å². The summed E-state index contributed by atoms with van der Waals surface area (Å²) in [6.45, 7) is 4.16. The molecule has 21 heavy (non-hydrogen) atoms. The highest BCUT2D eigenvalue weighted by Crippen LogP contribution is 2.33. The Labute approximate surface area is 131 Å². The van der Waals surface area contributed by atoms with Crippen LogP contribution < -0.4 is 4.74 Å². The summed E-state index contributed by atoms with van der Waals surface area (Å²) in [7, 11) is 0. The minimum absolute atomic E-state index is 0.0170. The second-order valence-electron chi connectivity index (χ2n) is 5.28. The fourth-order valence-electron chi connectivity index (χ4n) is 2.35. The van der Waals surface area contributed by atoms with Crippen LogP contribution in [0.25, 0.3) is 0 Å². The van der Waals surface area contributed by atoms with Crippen LogP contribution in [0.2, 0.25) is 0 Å². The van der Waals surface area contributed by atoms with Crippen molar-refractivity contribution in [2.24, 2.45) is 5.41 Å². The molecule has 2 rings (SSSR count). The van der Waals surface area contributed by atoms with Gasteiger partial charge < -0.3 is 14.2 Å². The van der Waals surface area contributed by atoms with Crippen molar-refractivity contribution in [3.05, 3.63) is 29.8 Å². The van der Waals surface area contributed by atoms with Gasteiger partial charge in [-0.1, -0.05) is 12.1 Å². The van der Waals surface area contributed by atoms with E-state index in [0.717, 1.165) is 31.8 Å². The maximum atomic E-state index is 11.9. The molecule has 5 heteroatoms. The molecule has 0 saturated carbocycles. The maximum absolute atomic E-state index is 11.9. The predicted octanol–water partition coefficient (Wildman–Crippen LogP) is 2.97. The van der Waals surface area contributed by atoms with Crippen LogP contribution in [-0.4, -0.2) is 38.1 Å². The van der Waals surface area contributed by atoms with Crippen LogP contribution in [0, 0.1) is 5.41 Å². The van der Waals surface area contributed by atoms with Crippen molar-refractivity contribution in [1.29, 1.82) is 0 Å². The number of benzene rings is 1. The SMILES string of the molecule is CCOC(=O)c1ccccc1OCC1(CS)CCOCC1. The Bertz CT molecular complexity index is 469. The molecular formula is C16H22O4S. The Morgan fingerprint density at radius 3 is 2.71 bits per heavy atom. The molecule has 1 aromatic carbocycles. The number of rotatable bonds is 6. The lowest BCUT2D eigenvalue weighted by atomic mass is 9.83. The summed E-state index contributed by atoms with van der Waals surface area (Å²) in [6.07, 6.45) is 1.86. The molecule has 1 aliphatic rings. The number of esters is 1. The molecule has 1 heterocycles. The summed E-state index contributed by atoms with van der Waals surface area (Å²) in [6, 6.07) is 7.19. The predicted molar refractivity (Wildman–Crippen MR) is 84.2 cm³/mol. The highest BCUT2D eigenvalue weighted by atomic mass is 32.1. The molecule has 0 aliphatic carbocycles. The molecule has 1 aliphatic heterocycles. The van der Waals surface area contributed by atoms with Crippen LogP contribution in [0.3, 0.4) is 0 Å². The normalized spacial score (nSPS) is 17.2. The van der Waals surface area contributed by atoms with Gasteiger partial charge in [-0.2, -0.15) is 12.6 Å². The fourth-order valence-corrected chi connectivity index (χ4v) is 2.76. The zero-order chi connectivity index (χ0) is 15.1. The van der Waals surface area contributed by atoms with Gasteiger partial charge in [-0.25, -0.2) is 4.79 Å². The lowest BCUT2D eigenvalue weighted by molar-refractivity contribution is 0.00269. The zero-order valence-electron chi connectivity index (χ0n) is 12.3. The summed E-state index contributed by atoms with van der Waals surface area (Å²) in [5.41, 5.74) is 0.490. The Balaban J connectivity index is 2.07. The van der Waals surface area contributed by atoms with Gasteiger partial charge in [-0.3, -0.25) is 0 Å². The smallest absolute Gasteiger partial charge is 0.341 e. The first kappa shape index (κ1) is 16.2. The Morgan fingerprint density at radius 1 is 1.33 bits per heavy atom. The van der Waals surface area contributed by atoms with Crippen molar-refractivity contribution < 1.29 is 19.0 Å². The molecule has 4 nitrogen and oxygen atoms in total. The maximum Gasteiger partial charge on any atom is 0.341 e. The van der Waals surface area contributed by atoms with Gasteiger partial charge in [0.05, 0.1) is 13.2 Å². The van der Waals surface area contributed by atoms with E-state index in [1.807, 2.05) is 12.1 Å². The van der Waals surface area contributed by atoms with Gasteiger partial charge in [0, 0.05) is 18.6 Å². The molecule has 0 spiro atoms.